The highest BCUT2D eigenvalue weighted by atomic mass is 32.2. The first-order valence-corrected chi connectivity index (χ1v) is 8.01. The lowest BCUT2D eigenvalue weighted by Crippen LogP contribution is -2.21. The van der Waals surface area contributed by atoms with Crippen molar-refractivity contribution in [2.75, 3.05) is 22.8 Å². The minimum absolute atomic E-state index is 0.0588. The Morgan fingerprint density at radius 1 is 1.24 bits per heavy atom. The molecule has 112 valence electrons. The third-order valence-electron chi connectivity index (χ3n) is 2.67. The third-order valence-corrected chi connectivity index (χ3v) is 3.92. The number of rotatable bonds is 6. The average Bonchev–Trinajstić information content (AvgIpc) is 2.40. The topological polar surface area (TPSA) is 94.3 Å². The van der Waals surface area contributed by atoms with E-state index in [0.29, 0.717) is 17.1 Å². The molecule has 2 rings (SSSR count). The number of hydrogen-bond acceptors (Lipinski definition) is 5. The van der Waals surface area contributed by atoms with Crippen LogP contribution in [-0.4, -0.2) is 25.8 Å². The second-order valence-corrected chi connectivity index (χ2v) is 6.37. The Kier molecular flexibility index (Phi) is 4.64. The molecule has 0 aliphatic carbocycles. The highest BCUT2D eigenvalue weighted by Crippen LogP contribution is 2.13. The largest absolute Gasteiger partial charge is 0.492 e. The summed E-state index contributed by atoms with van der Waals surface area (Å²) < 4.78 is 31.7. The number of anilines is 2. The van der Waals surface area contributed by atoms with Crippen LogP contribution in [0.1, 0.15) is 5.69 Å². The predicted octanol–water partition coefficient (Wildman–Crippen LogP) is 1.79. The van der Waals surface area contributed by atoms with Gasteiger partial charge in [-0.1, -0.05) is 0 Å². The van der Waals surface area contributed by atoms with Crippen molar-refractivity contribution in [1.82, 2.24) is 4.98 Å². The van der Waals surface area contributed by atoms with Crippen molar-refractivity contribution in [3.63, 3.8) is 0 Å². The molecule has 6 nitrogen and oxygen atoms in total. The van der Waals surface area contributed by atoms with Gasteiger partial charge in [-0.2, -0.15) is 0 Å². The summed E-state index contributed by atoms with van der Waals surface area (Å²) in [5, 5.41) is 0. The van der Waals surface area contributed by atoms with Gasteiger partial charge in [0.25, 0.3) is 0 Å². The molecule has 0 spiro atoms. The number of nitrogens with one attached hydrogen (secondary N) is 1. The van der Waals surface area contributed by atoms with Crippen LogP contribution >= 0.6 is 0 Å². The van der Waals surface area contributed by atoms with Gasteiger partial charge in [0, 0.05) is 17.6 Å². The van der Waals surface area contributed by atoms with E-state index in [0.717, 1.165) is 5.69 Å². The van der Waals surface area contributed by atoms with E-state index in [2.05, 4.69) is 9.71 Å². The zero-order chi connectivity index (χ0) is 15.3. The maximum absolute atomic E-state index is 11.9. The molecule has 0 atom stereocenters. The minimum atomic E-state index is -3.46. The van der Waals surface area contributed by atoms with Gasteiger partial charge in [0.15, 0.2) is 0 Å². The number of nitrogen functional groups attached to an aromatic ring is 1. The fourth-order valence-electron chi connectivity index (χ4n) is 1.67. The minimum Gasteiger partial charge on any atom is -0.492 e. The Balaban J connectivity index is 1.88. The summed E-state index contributed by atoms with van der Waals surface area (Å²) in [5.74, 6) is 0.442. The molecule has 3 N–H and O–H groups in total. The number of pyridine rings is 1. The summed E-state index contributed by atoms with van der Waals surface area (Å²) in [5.41, 5.74) is 7.42. The van der Waals surface area contributed by atoms with Gasteiger partial charge in [0.1, 0.15) is 18.1 Å². The van der Waals surface area contributed by atoms with Gasteiger partial charge in [0.2, 0.25) is 10.0 Å². The van der Waals surface area contributed by atoms with Crippen molar-refractivity contribution in [1.29, 1.82) is 0 Å². The van der Waals surface area contributed by atoms with Crippen LogP contribution < -0.4 is 15.2 Å². The van der Waals surface area contributed by atoms with E-state index in [1.165, 1.54) is 0 Å². The van der Waals surface area contributed by atoms with Crippen molar-refractivity contribution in [3.8, 4) is 5.75 Å². The molecule has 0 saturated carbocycles. The molecule has 21 heavy (non-hydrogen) atoms. The first-order chi connectivity index (χ1) is 9.94. The van der Waals surface area contributed by atoms with Crippen LogP contribution in [0.25, 0.3) is 0 Å². The lowest BCUT2D eigenvalue weighted by atomic mass is 10.3. The van der Waals surface area contributed by atoms with Gasteiger partial charge >= 0.3 is 0 Å². The number of ether oxygens (including phenoxy) is 1. The highest BCUT2D eigenvalue weighted by Gasteiger charge is 2.11. The fraction of sp³-hybridized carbons (Fsp3) is 0.214. The monoisotopic (exact) mass is 307 g/mol. The molecule has 0 fully saturated rings. The van der Waals surface area contributed by atoms with Gasteiger partial charge < -0.3 is 10.5 Å². The van der Waals surface area contributed by atoms with Crippen LogP contribution in [0.2, 0.25) is 0 Å². The van der Waals surface area contributed by atoms with E-state index in [4.69, 9.17) is 10.5 Å². The molecular weight excluding hydrogens is 290 g/mol. The van der Waals surface area contributed by atoms with Crippen molar-refractivity contribution in [3.05, 3.63) is 48.3 Å². The Labute approximate surface area is 124 Å². The van der Waals surface area contributed by atoms with Gasteiger partial charge in [0.05, 0.1) is 5.69 Å². The molecule has 7 heteroatoms. The average molecular weight is 307 g/mol. The Morgan fingerprint density at radius 2 is 1.95 bits per heavy atom. The zero-order valence-electron chi connectivity index (χ0n) is 11.6. The smallest absolute Gasteiger partial charge is 0.236 e. The van der Waals surface area contributed by atoms with Gasteiger partial charge in [-0.15, -0.1) is 0 Å². The van der Waals surface area contributed by atoms with E-state index >= 15 is 0 Å². The second kappa shape index (κ2) is 6.45. The number of benzene rings is 1. The molecule has 1 heterocycles. The molecule has 0 aliphatic heterocycles. The number of sulfonamides is 1. The number of nitrogens with zero attached hydrogens (tertiary/aromatic N) is 1. The maximum atomic E-state index is 11.9. The van der Waals surface area contributed by atoms with E-state index < -0.39 is 10.0 Å². The molecule has 2 aromatic rings. The normalized spacial score (nSPS) is 11.1. The molecule has 0 aliphatic rings. The van der Waals surface area contributed by atoms with Crippen LogP contribution in [0.15, 0.2) is 42.6 Å². The van der Waals surface area contributed by atoms with Crippen LogP contribution in [0.4, 0.5) is 11.4 Å². The molecule has 0 unspecified atom stereocenters. The SMILES string of the molecule is Cc1cc(NS(=O)(=O)CCOc2ccc(N)cc2)ccn1. The lowest BCUT2D eigenvalue weighted by Gasteiger charge is -2.09. The van der Waals surface area contributed by atoms with Crippen molar-refractivity contribution < 1.29 is 13.2 Å². The molecule has 1 aromatic carbocycles. The van der Waals surface area contributed by atoms with E-state index in [1.54, 1.807) is 49.5 Å². The Morgan fingerprint density at radius 3 is 2.62 bits per heavy atom. The fourth-order valence-corrected chi connectivity index (χ4v) is 2.56. The van der Waals surface area contributed by atoms with Crippen LogP contribution in [-0.2, 0) is 10.0 Å². The third kappa shape index (κ3) is 4.96. The molecular formula is C14H17N3O3S. The summed E-state index contributed by atoms with van der Waals surface area (Å²) in [7, 11) is -3.46. The zero-order valence-corrected chi connectivity index (χ0v) is 12.4. The van der Waals surface area contributed by atoms with Crippen molar-refractivity contribution in [2.45, 2.75) is 6.92 Å². The first-order valence-electron chi connectivity index (χ1n) is 6.36. The highest BCUT2D eigenvalue weighted by molar-refractivity contribution is 7.92. The summed E-state index contributed by atoms with van der Waals surface area (Å²) in [6.07, 6.45) is 1.55. The summed E-state index contributed by atoms with van der Waals surface area (Å²) in [6.45, 7) is 1.85. The predicted molar refractivity (Wildman–Crippen MR) is 82.7 cm³/mol. The first kappa shape index (κ1) is 15.1. The second-order valence-electron chi connectivity index (χ2n) is 4.52. The molecule has 0 amide bonds. The molecule has 0 saturated heterocycles. The van der Waals surface area contributed by atoms with Gasteiger partial charge in [-0.05, 0) is 43.3 Å². The van der Waals surface area contributed by atoms with Crippen LogP contribution in [0.3, 0.4) is 0 Å². The Bertz CT molecular complexity index is 700. The maximum Gasteiger partial charge on any atom is 0.236 e. The summed E-state index contributed by atoms with van der Waals surface area (Å²) in [6, 6.07) is 10.1. The number of hydrogen-bond donors (Lipinski definition) is 2. The number of nitrogens with two attached hydrogens (primary N) is 1. The molecule has 0 bridgehead atoms. The molecule has 1 aromatic heterocycles. The summed E-state index contributed by atoms with van der Waals surface area (Å²) in [4.78, 5) is 4.01. The summed E-state index contributed by atoms with van der Waals surface area (Å²) >= 11 is 0. The van der Waals surface area contributed by atoms with Gasteiger partial charge in [-0.25, -0.2) is 8.42 Å². The number of aryl methyl sites for hydroxylation is 1. The van der Waals surface area contributed by atoms with E-state index in [-0.39, 0.29) is 12.4 Å². The number of aromatic nitrogens is 1. The van der Waals surface area contributed by atoms with Crippen LogP contribution in [0, 0.1) is 6.92 Å². The quantitative estimate of drug-likeness (QED) is 0.793. The van der Waals surface area contributed by atoms with E-state index in [1.807, 2.05) is 0 Å². The lowest BCUT2D eigenvalue weighted by molar-refractivity contribution is 0.341. The standard InChI is InChI=1S/C14H17N3O3S/c1-11-10-13(6-7-16-11)17-21(18,19)9-8-20-14-4-2-12(15)3-5-14/h2-7,10H,8-9,15H2,1H3,(H,16,17). The Hall–Kier alpha value is -2.28. The van der Waals surface area contributed by atoms with Crippen molar-refractivity contribution in [2.24, 2.45) is 0 Å². The van der Waals surface area contributed by atoms with Gasteiger partial charge in [-0.3, -0.25) is 9.71 Å². The molecule has 0 radical (unpaired) electrons. The van der Waals surface area contributed by atoms with E-state index in [9.17, 15) is 8.42 Å². The van der Waals surface area contributed by atoms with Crippen LogP contribution in [0.5, 0.6) is 5.75 Å². The van der Waals surface area contributed by atoms with Crippen molar-refractivity contribution >= 4 is 21.4 Å².